The van der Waals surface area contributed by atoms with Crippen molar-refractivity contribution in [2.45, 2.75) is 12.6 Å². The van der Waals surface area contributed by atoms with E-state index in [0.717, 1.165) is 16.7 Å². The van der Waals surface area contributed by atoms with Crippen LogP contribution in [-0.4, -0.2) is 24.3 Å². The van der Waals surface area contributed by atoms with E-state index >= 15 is 0 Å². The van der Waals surface area contributed by atoms with Gasteiger partial charge < -0.3 is 5.32 Å². The summed E-state index contributed by atoms with van der Waals surface area (Å²) in [6.45, 7) is -0.214. The number of rotatable bonds is 5. The molecule has 1 N–H and O–H groups in total. The highest BCUT2D eigenvalue weighted by Crippen LogP contribution is 2.40. The van der Waals surface area contributed by atoms with Gasteiger partial charge in [-0.15, -0.1) is 0 Å². The Bertz CT molecular complexity index is 1100. The van der Waals surface area contributed by atoms with Crippen molar-refractivity contribution >= 4 is 17.3 Å². The third-order valence-electron chi connectivity index (χ3n) is 4.97. The Kier molecular flexibility index (Phi) is 4.70. The van der Waals surface area contributed by atoms with Crippen LogP contribution in [0.15, 0.2) is 66.7 Å². The van der Waals surface area contributed by atoms with Gasteiger partial charge in [0.25, 0.3) is 5.78 Å². The number of hydrogen-bond donors (Lipinski definition) is 1. The Labute approximate surface area is 165 Å². The molecule has 1 aliphatic carbocycles. The van der Waals surface area contributed by atoms with Gasteiger partial charge in [-0.3, -0.25) is 9.59 Å². The second-order valence-corrected chi connectivity index (χ2v) is 6.86. The molecule has 146 valence electrons. The topological polar surface area (TPSA) is 46.2 Å². The number of nitrogens with one attached hydrogen (secondary N) is 1. The van der Waals surface area contributed by atoms with Crippen molar-refractivity contribution in [2.75, 3.05) is 11.9 Å². The van der Waals surface area contributed by atoms with Crippen LogP contribution >= 0.6 is 0 Å². The Morgan fingerprint density at radius 2 is 1.55 bits per heavy atom. The Balaban J connectivity index is 1.70. The van der Waals surface area contributed by atoms with Crippen molar-refractivity contribution in [3.63, 3.8) is 0 Å². The first-order chi connectivity index (χ1) is 13.8. The molecule has 0 bridgehead atoms. The summed E-state index contributed by atoms with van der Waals surface area (Å²) in [5.41, 5.74) is 3.23. The van der Waals surface area contributed by atoms with Gasteiger partial charge in [-0.05, 0) is 40.8 Å². The fourth-order valence-electron chi connectivity index (χ4n) is 3.57. The minimum absolute atomic E-state index is 0.0168. The molecule has 4 rings (SSSR count). The molecular formula is C23H16F3NO2. The monoisotopic (exact) mass is 395 g/mol. The minimum atomic E-state index is -5.01. The lowest BCUT2D eigenvalue weighted by molar-refractivity contribution is -0.0884. The average Bonchev–Trinajstić information content (AvgIpc) is 3.08. The van der Waals surface area contributed by atoms with E-state index in [-0.39, 0.29) is 18.0 Å². The molecule has 0 radical (unpaired) electrons. The summed E-state index contributed by atoms with van der Waals surface area (Å²) in [4.78, 5) is 24.4. The molecule has 29 heavy (non-hydrogen) atoms. The van der Waals surface area contributed by atoms with Gasteiger partial charge in [0, 0.05) is 11.3 Å². The molecule has 0 amide bonds. The number of alkyl halides is 3. The first-order valence-corrected chi connectivity index (χ1v) is 9.03. The SMILES string of the molecule is O=C(CNc1cc2c(cc1C(=O)C(F)(F)F)-c1ccccc1C2)c1ccccc1. The van der Waals surface area contributed by atoms with Crippen molar-refractivity contribution < 1.29 is 22.8 Å². The summed E-state index contributed by atoms with van der Waals surface area (Å²) >= 11 is 0. The van der Waals surface area contributed by atoms with Crippen molar-refractivity contribution in [3.8, 4) is 11.1 Å². The maximum atomic E-state index is 13.2. The molecule has 0 fully saturated rings. The van der Waals surface area contributed by atoms with E-state index in [9.17, 15) is 22.8 Å². The number of fused-ring (bicyclic) bond motifs is 3. The second-order valence-electron chi connectivity index (χ2n) is 6.86. The molecule has 0 aromatic heterocycles. The maximum Gasteiger partial charge on any atom is 0.454 e. The Hall–Kier alpha value is -3.41. The fraction of sp³-hybridized carbons (Fsp3) is 0.130. The van der Waals surface area contributed by atoms with E-state index in [4.69, 9.17) is 0 Å². The number of carbonyl (C=O) groups excluding carboxylic acids is 2. The van der Waals surface area contributed by atoms with Crippen LogP contribution in [0.3, 0.4) is 0 Å². The zero-order valence-electron chi connectivity index (χ0n) is 15.2. The number of Topliss-reactive ketones (excluding diaryl/α,β-unsaturated/α-hetero) is 2. The average molecular weight is 395 g/mol. The third-order valence-corrected chi connectivity index (χ3v) is 4.97. The van der Waals surface area contributed by atoms with Gasteiger partial charge in [0.15, 0.2) is 5.78 Å². The van der Waals surface area contributed by atoms with Gasteiger partial charge >= 0.3 is 6.18 Å². The lowest BCUT2D eigenvalue weighted by atomic mass is 9.98. The molecule has 0 atom stereocenters. The first-order valence-electron chi connectivity index (χ1n) is 9.03. The highest BCUT2D eigenvalue weighted by Gasteiger charge is 2.41. The van der Waals surface area contributed by atoms with Crippen LogP contribution in [0.1, 0.15) is 31.8 Å². The minimum Gasteiger partial charge on any atom is -0.377 e. The van der Waals surface area contributed by atoms with Gasteiger partial charge in [-0.1, -0.05) is 54.6 Å². The van der Waals surface area contributed by atoms with Crippen LogP contribution in [0.2, 0.25) is 0 Å². The quantitative estimate of drug-likeness (QED) is 0.467. The molecule has 0 aliphatic heterocycles. The zero-order chi connectivity index (χ0) is 20.6. The van der Waals surface area contributed by atoms with Gasteiger partial charge in [-0.25, -0.2) is 0 Å². The number of carbonyl (C=O) groups is 2. The van der Waals surface area contributed by atoms with Crippen molar-refractivity contribution in [2.24, 2.45) is 0 Å². The van der Waals surface area contributed by atoms with E-state index in [1.807, 2.05) is 24.3 Å². The van der Waals surface area contributed by atoms with Crippen LogP contribution in [0.5, 0.6) is 0 Å². The van der Waals surface area contributed by atoms with E-state index in [2.05, 4.69) is 5.32 Å². The van der Waals surface area contributed by atoms with Crippen molar-refractivity contribution in [3.05, 3.63) is 89.0 Å². The number of anilines is 1. The largest absolute Gasteiger partial charge is 0.454 e. The van der Waals surface area contributed by atoms with E-state index in [0.29, 0.717) is 17.5 Å². The molecule has 0 spiro atoms. The summed E-state index contributed by atoms with van der Waals surface area (Å²) in [5.74, 6) is -2.21. The summed E-state index contributed by atoms with van der Waals surface area (Å²) in [6, 6.07) is 18.7. The van der Waals surface area contributed by atoms with Crippen LogP contribution in [-0.2, 0) is 6.42 Å². The van der Waals surface area contributed by atoms with Crippen molar-refractivity contribution in [1.82, 2.24) is 0 Å². The molecular weight excluding hydrogens is 379 g/mol. The lowest BCUT2D eigenvalue weighted by Crippen LogP contribution is -2.25. The third kappa shape index (κ3) is 3.66. The predicted molar refractivity (Wildman–Crippen MR) is 104 cm³/mol. The second kappa shape index (κ2) is 7.20. The number of benzene rings is 3. The highest BCUT2D eigenvalue weighted by atomic mass is 19.4. The Morgan fingerprint density at radius 1 is 0.862 bits per heavy atom. The van der Waals surface area contributed by atoms with E-state index in [1.165, 1.54) is 6.07 Å². The molecule has 0 saturated carbocycles. The summed E-state index contributed by atoms with van der Waals surface area (Å²) in [7, 11) is 0. The van der Waals surface area contributed by atoms with Crippen LogP contribution in [0.4, 0.5) is 18.9 Å². The summed E-state index contributed by atoms with van der Waals surface area (Å²) in [5, 5.41) is 2.75. The molecule has 3 nitrogen and oxygen atoms in total. The molecule has 6 heteroatoms. The first kappa shape index (κ1) is 18.9. The normalized spacial score (nSPS) is 12.2. The molecule has 0 heterocycles. The number of halogens is 3. The Morgan fingerprint density at radius 3 is 2.28 bits per heavy atom. The highest BCUT2D eigenvalue weighted by molar-refractivity contribution is 6.07. The van der Waals surface area contributed by atoms with Crippen LogP contribution in [0, 0.1) is 0 Å². The van der Waals surface area contributed by atoms with Gasteiger partial charge in [0.2, 0.25) is 0 Å². The van der Waals surface area contributed by atoms with Gasteiger partial charge in [-0.2, -0.15) is 13.2 Å². The number of hydrogen-bond acceptors (Lipinski definition) is 3. The molecule has 0 saturated heterocycles. The fourth-order valence-corrected chi connectivity index (χ4v) is 3.57. The predicted octanol–water partition coefficient (Wildman–Crippen LogP) is 5.30. The van der Waals surface area contributed by atoms with Crippen LogP contribution < -0.4 is 5.32 Å². The molecule has 3 aromatic carbocycles. The van der Waals surface area contributed by atoms with Gasteiger partial charge in [0.05, 0.1) is 12.1 Å². The summed E-state index contributed by atoms with van der Waals surface area (Å²) < 4.78 is 39.5. The lowest BCUT2D eigenvalue weighted by Gasteiger charge is -2.15. The summed E-state index contributed by atoms with van der Waals surface area (Å²) in [6.07, 6.45) is -4.44. The van der Waals surface area contributed by atoms with Crippen LogP contribution in [0.25, 0.3) is 11.1 Å². The molecule has 3 aromatic rings. The zero-order valence-corrected chi connectivity index (χ0v) is 15.2. The van der Waals surface area contributed by atoms with E-state index < -0.39 is 17.5 Å². The van der Waals surface area contributed by atoms with Gasteiger partial charge in [0.1, 0.15) is 0 Å². The maximum absolute atomic E-state index is 13.2. The number of ketones is 2. The van der Waals surface area contributed by atoms with E-state index in [1.54, 1.807) is 36.4 Å². The molecule has 0 unspecified atom stereocenters. The standard InChI is InChI=1S/C23H16F3NO2/c24-23(25,26)22(29)19-12-18-16(10-15-8-4-5-9-17(15)18)11-20(19)27-13-21(28)14-6-2-1-3-7-14/h1-9,11-12,27H,10,13H2. The van der Waals surface area contributed by atoms with Crippen molar-refractivity contribution in [1.29, 1.82) is 0 Å². The smallest absolute Gasteiger partial charge is 0.377 e. The molecule has 1 aliphatic rings.